The van der Waals surface area contributed by atoms with Crippen LogP contribution in [0.25, 0.3) is 0 Å². The minimum atomic E-state index is -0.808. The largest absolute Gasteiger partial charge is 0.444 e. The van der Waals surface area contributed by atoms with Gasteiger partial charge in [-0.3, -0.25) is 9.69 Å². The van der Waals surface area contributed by atoms with Crippen LogP contribution in [0.2, 0.25) is 0 Å². The number of carbonyl (C=O) groups is 2. The third-order valence-electron chi connectivity index (χ3n) is 2.80. The van der Waals surface area contributed by atoms with E-state index < -0.39 is 23.5 Å². The van der Waals surface area contributed by atoms with Gasteiger partial charge in [0.2, 0.25) is 0 Å². The lowest BCUT2D eigenvalue weighted by Gasteiger charge is -2.34. The summed E-state index contributed by atoms with van der Waals surface area (Å²) in [6, 6.07) is -0.542. The van der Waals surface area contributed by atoms with Gasteiger partial charge in [-0.25, -0.2) is 4.79 Å². The topological polar surface area (TPSA) is 55.8 Å². The van der Waals surface area contributed by atoms with Crippen LogP contribution in [0, 0.1) is 0 Å². The van der Waals surface area contributed by atoms with Gasteiger partial charge < -0.3 is 9.47 Å². The summed E-state index contributed by atoms with van der Waals surface area (Å²) in [5.41, 5.74) is -1.40. The molecule has 104 valence electrons. The molecule has 0 spiro atoms. The van der Waals surface area contributed by atoms with E-state index in [4.69, 9.17) is 9.47 Å². The average molecular weight is 257 g/mol. The van der Waals surface area contributed by atoms with Crippen molar-refractivity contribution in [2.24, 2.45) is 0 Å². The number of hydrogen-bond donors (Lipinski definition) is 0. The fourth-order valence-corrected chi connectivity index (χ4v) is 1.93. The molecule has 0 aromatic rings. The first-order chi connectivity index (χ1) is 8.08. The third-order valence-corrected chi connectivity index (χ3v) is 2.80. The van der Waals surface area contributed by atoms with Crippen LogP contribution in [0.15, 0.2) is 0 Å². The van der Waals surface area contributed by atoms with Crippen molar-refractivity contribution in [1.82, 2.24) is 4.90 Å². The fraction of sp³-hybridized carbons (Fsp3) is 0.846. The fourth-order valence-electron chi connectivity index (χ4n) is 1.93. The first-order valence-electron chi connectivity index (χ1n) is 6.27. The number of rotatable bonds is 2. The second-order valence-electron chi connectivity index (χ2n) is 5.94. The van der Waals surface area contributed by atoms with Gasteiger partial charge in [0.1, 0.15) is 17.4 Å². The lowest BCUT2D eigenvalue weighted by atomic mass is 10.1. The highest BCUT2D eigenvalue weighted by atomic mass is 16.6. The summed E-state index contributed by atoms with van der Waals surface area (Å²) in [5.74, 6) is -0.00793. The summed E-state index contributed by atoms with van der Waals surface area (Å²) in [5, 5.41) is 0. The number of nitrogens with zero attached hydrogens (tertiary/aromatic N) is 1. The minimum absolute atomic E-state index is 0.00793. The standard InChI is InChI=1S/C13H23NO4/c1-7-10(15)9-8-17-13(5,6)14(9)11(16)18-12(2,3)4/h9H,7-8H2,1-6H3. The van der Waals surface area contributed by atoms with E-state index in [1.54, 1.807) is 41.5 Å². The molecule has 18 heavy (non-hydrogen) atoms. The zero-order valence-corrected chi connectivity index (χ0v) is 12.1. The molecule has 1 rings (SSSR count). The van der Waals surface area contributed by atoms with E-state index in [1.807, 2.05) is 0 Å². The van der Waals surface area contributed by atoms with Gasteiger partial charge in [-0.05, 0) is 34.6 Å². The second-order valence-corrected chi connectivity index (χ2v) is 5.94. The van der Waals surface area contributed by atoms with E-state index in [0.717, 1.165) is 0 Å². The number of ketones is 1. The normalized spacial score (nSPS) is 23.0. The average Bonchev–Trinajstić information content (AvgIpc) is 2.50. The van der Waals surface area contributed by atoms with Crippen LogP contribution in [0.4, 0.5) is 4.79 Å². The van der Waals surface area contributed by atoms with Gasteiger partial charge in [-0.2, -0.15) is 0 Å². The first kappa shape index (κ1) is 15.0. The highest BCUT2D eigenvalue weighted by Crippen LogP contribution is 2.30. The Hall–Kier alpha value is -1.10. The van der Waals surface area contributed by atoms with Gasteiger partial charge in [-0.15, -0.1) is 0 Å². The summed E-state index contributed by atoms with van der Waals surface area (Å²) in [7, 11) is 0. The molecule has 1 saturated heterocycles. The molecule has 1 aliphatic rings. The van der Waals surface area contributed by atoms with Crippen molar-refractivity contribution < 1.29 is 19.1 Å². The SMILES string of the molecule is CCC(=O)C1COC(C)(C)N1C(=O)OC(C)(C)C. The first-order valence-corrected chi connectivity index (χ1v) is 6.27. The van der Waals surface area contributed by atoms with Crippen LogP contribution in [0.1, 0.15) is 48.0 Å². The molecule has 1 fully saturated rings. The van der Waals surface area contributed by atoms with E-state index >= 15 is 0 Å². The molecule has 0 radical (unpaired) electrons. The molecule has 0 N–H and O–H groups in total. The van der Waals surface area contributed by atoms with Gasteiger partial charge in [-0.1, -0.05) is 6.92 Å². The van der Waals surface area contributed by atoms with Crippen molar-refractivity contribution in [3.8, 4) is 0 Å². The third kappa shape index (κ3) is 3.22. The quantitative estimate of drug-likeness (QED) is 0.762. The van der Waals surface area contributed by atoms with Crippen molar-refractivity contribution in [1.29, 1.82) is 0 Å². The van der Waals surface area contributed by atoms with Gasteiger partial charge in [0.25, 0.3) is 0 Å². The molecular formula is C13H23NO4. The van der Waals surface area contributed by atoms with Crippen LogP contribution in [0.5, 0.6) is 0 Å². The zero-order valence-electron chi connectivity index (χ0n) is 12.1. The Labute approximate surface area is 108 Å². The van der Waals surface area contributed by atoms with Gasteiger partial charge in [0.15, 0.2) is 5.78 Å². The maximum atomic E-state index is 12.2. The number of amides is 1. The molecule has 1 amide bonds. The molecule has 1 unspecified atom stereocenters. The number of hydrogen-bond acceptors (Lipinski definition) is 4. The molecule has 0 bridgehead atoms. The Balaban J connectivity index is 2.92. The van der Waals surface area contributed by atoms with E-state index in [9.17, 15) is 9.59 Å². The number of Topliss-reactive ketones (excluding diaryl/α,β-unsaturated/α-hetero) is 1. The second kappa shape index (κ2) is 4.88. The summed E-state index contributed by atoms with van der Waals surface area (Å²) in [6.07, 6.45) is -0.125. The van der Waals surface area contributed by atoms with Crippen molar-refractivity contribution in [2.45, 2.75) is 65.3 Å². The van der Waals surface area contributed by atoms with Crippen LogP contribution >= 0.6 is 0 Å². The molecule has 0 aromatic heterocycles. The maximum Gasteiger partial charge on any atom is 0.413 e. The van der Waals surface area contributed by atoms with Crippen LogP contribution < -0.4 is 0 Å². The summed E-state index contributed by atoms with van der Waals surface area (Å²) in [6.45, 7) is 10.9. The van der Waals surface area contributed by atoms with Gasteiger partial charge >= 0.3 is 6.09 Å². The van der Waals surface area contributed by atoms with Crippen molar-refractivity contribution in [3.63, 3.8) is 0 Å². The molecule has 1 atom stereocenters. The molecular weight excluding hydrogens is 234 g/mol. The molecule has 0 aromatic carbocycles. The monoisotopic (exact) mass is 257 g/mol. The Morgan fingerprint density at radius 3 is 2.39 bits per heavy atom. The molecule has 5 nitrogen and oxygen atoms in total. The van der Waals surface area contributed by atoms with Crippen LogP contribution in [0.3, 0.4) is 0 Å². The van der Waals surface area contributed by atoms with Crippen molar-refractivity contribution in [3.05, 3.63) is 0 Å². The van der Waals surface area contributed by atoms with Crippen LogP contribution in [-0.2, 0) is 14.3 Å². The highest BCUT2D eigenvalue weighted by molar-refractivity contribution is 5.88. The highest BCUT2D eigenvalue weighted by Gasteiger charge is 2.47. The maximum absolute atomic E-state index is 12.2. The van der Waals surface area contributed by atoms with E-state index in [1.165, 1.54) is 4.90 Å². The Morgan fingerprint density at radius 1 is 1.39 bits per heavy atom. The van der Waals surface area contributed by atoms with E-state index in [0.29, 0.717) is 6.42 Å². The summed E-state index contributed by atoms with van der Waals surface area (Å²) < 4.78 is 10.9. The van der Waals surface area contributed by atoms with Crippen molar-refractivity contribution >= 4 is 11.9 Å². The van der Waals surface area contributed by atoms with Crippen molar-refractivity contribution in [2.75, 3.05) is 6.61 Å². The molecule has 0 aliphatic carbocycles. The van der Waals surface area contributed by atoms with Gasteiger partial charge in [0.05, 0.1) is 6.61 Å². The summed E-state index contributed by atoms with van der Waals surface area (Å²) in [4.78, 5) is 25.4. The zero-order chi connectivity index (χ0) is 14.1. The van der Waals surface area contributed by atoms with Crippen LogP contribution in [-0.4, -0.2) is 40.8 Å². The van der Waals surface area contributed by atoms with E-state index in [-0.39, 0.29) is 12.4 Å². The van der Waals surface area contributed by atoms with E-state index in [2.05, 4.69) is 0 Å². The smallest absolute Gasteiger partial charge is 0.413 e. The molecule has 1 heterocycles. The number of ether oxygens (including phenoxy) is 2. The number of carbonyl (C=O) groups excluding carboxylic acids is 2. The lowest BCUT2D eigenvalue weighted by molar-refractivity contribution is -0.124. The molecule has 0 saturated carbocycles. The summed E-state index contributed by atoms with van der Waals surface area (Å²) >= 11 is 0. The predicted molar refractivity (Wildman–Crippen MR) is 67.2 cm³/mol. The Morgan fingerprint density at radius 2 is 1.94 bits per heavy atom. The lowest BCUT2D eigenvalue weighted by Crippen LogP contribution is -2.52. The molecule has 1 aliphatic heterocycles. The Bertz CT molecular complexity index is 343. The molecule has 5 heteroatoms. The Kier molecular flexibility index (Phi) is 4.05. The predicted octanol–water partition coefficient (Wildman–Crippen LogP) is 2.34. The van der Waals surface area contributed by atoms with Gasteiger partial charge in [0, 0.05) is 6.42 Å². The minimum Gasteiger partial charge on any atom is -0.444 e.